The molecule has 1 atom stereocenters. The zero-order valence-electron chi connectivity index (χ0n) is 12.0. The van der Waals surface area contributed by atoms with Crippen molar-refractivity contribution in [3.8, 4) is 5.69 Å². The van der Waals surface area contributed by atoms with Crippen LogP contribution >= 0.6 is 0 Å². The van der Waals surface area contributed by atoms with Gasteiger partial charge >= 0.3 is 0 Å². The van der Waals surface area contributed by atoms with Crippen LogP contribution in [0.1, 0.15) is 29.0 Å². The first-order chi connectivity index (χ1) is 10.2. The molecule has 1 aliphatic rings. The number of benzene rings is 1. The highest BCUT2D eigenvalue weighted by molar-refractivity contribution is 5.93. The number of carbonyl (C=O) groups is 1. The van der Waals surface area contributed by atoms with Crippen molar-refractivity contribution in [2.75, 3.05) is 6.54 Å². The maximum Gasteiger partial charge on any atom is 0.273 e. The highest BCUT2D eigenvalue weighted by atomic mass is 16.2. The molecule has 21 heavy (non-hydrogen) atoms. The summed E-state index contributed by atoms with van der Waals surface area (Å²) in [6.45, 7) is 2.32. The van der Waals surface area contributed by atoms with E-state index in [2.05, 4.69) is 15.6 Å². The standard InChI is InChI=1S/C15H19N5O/c1-10-14(15(21)17-9-13(16)11-7-8-11)18-19-20(10)12-5-3-2-4-6-12/h2-6,11,13H,7-9,16H2,1H3,(H,17,21). The average molecular weight is 285 g/mol. The number of hydrogen-bond acceptors (Lipinski definition) is 4. The van der Waals surface area contributed by atoms with Crippen LogP contribution in [-0.4, -0.2) is 33.5 Å². The minimum Gasteiger partial charge on any atom is -0.349 e. The van der Waals surface area contributed by atoms with Gasteiger partial charge in [-0.3, -0.25) is 4.79 Å². The predicted molar refractivity (Wildman–Crippen MR) is 79.1 cm³/mol. The normalized spacial score (nSPS) is 15.7. The lowest BCUT2D eigenvalue weighted by molar-refractivity contribution is 0.0944. The number of carbonyl (C=O) groups excluding carboxylic acids is 1. The highest BCUT2D eigenvalue weighted by Crippen LogP contribution is 2.31. The van der Waals surface area contributed by atoms with E-state index in [0.29, 0.717) is 18.2 Å². The summed E-state index contributed by atoms with van der Waals surface area (Å²) in [4.78, 5) is 12.2. The number of hydrogen-bond donors (Lipinski definition) is 2. The second kappa shape index (κ2) is 5.65. The van der Waals surface area contributed by atoms with Crippen LogP contribution in [0.4, 0.5) is 0 Å². The van der Waals surface area contributed by atoms with Gasteiger partial charge < -0.3 is 11.1 Å². The Balaban J connectivity index is 1.71. The largest absolute Gasteiger partial charge is 0.349 e. The van der Waals surface area contributed by atoms with Crippen molar-refractivity contribution in [3.63, 3.8) is 0 Å². The molecular weight excluding hydrogens is 266 g/mol. The van der Waals surface area contributed by atoms with Crippen LogP contribution in [0.15, 0.2) is 30.3 Å². The Labute approximate surface area is 123 Å². The Kier molecular flexibility index (Phi) is 3.70. The lowest BCUT2D eigenvalue weighted by Crippen LogP contribution is -2.38. The van der Waals surface area contributed by atoms with E-state index >= 15 is 0 Å². The van der Waals surface area contributed by atoms with Gasteiger partial charge in [-0.1, -0.05) is 23.4 Å². The van der Waals surface area contributed by atoms with Crippen LogP contribution in [-0.2, 0) is 0 Å². The number of rotatable bonds is 5. The first-order valence-corrected chi connectivity index (χ1v) is 7.18. The molecule has 2 aromatic rings. The Morgan fingerprint density at radius 1 is 1.43 bits per heavy atom. The smallest absolute Gasteiger partial charge is 0.273 e. The predicted octanol–water partition coefficient (Wildman–Crippen LogP) is 1.04. The van der Waals surface area contributed by atoms with E-state index < -0.39 is 0 Å². The third-order valence-electron chi connectivity index (χ3n) is 3.84. The summed E-state index contributed by atoms with van der Waals surface area (Å²) in [6.07, 6.45) is 2.33. The molecule has 6 heteroatoms. The lowest BCUT2D eigenvalue weighted by Gasteiger charge is -2.10. The summed E-state index contributed by atoms with van der Waals surface area (Å²) in [5.41, 5.74) is 7.94. The third kappa shape index (κ3) is 2.95. The Bertz CT molecular complexity index is 633. The van der Waals surface area contributed by atoms with E-state index in [1.54, 1.807) is 4.68 Å². The third-order valence-corrected chi connectivity index (χ3v) is 3.84. The summed E-state index contributed by atoms with van der Waals surface area (Å²) in [7, 11) is 0. The average Bonchev–Trinajstić information content (AvgIpc) is 3.28. The molecule has 0 bridgehead atoms. The van der Waals surface area contributed by atoms with Gasteiger partial charge in [0, 0.05) is 12.6 Å². The van der Waals surface area contributed by atoms with Crippen molar-refractivity contribution in [1.29, 1.82) is 0 Å². The van der Waals surface area contributed by atoms with Crippen molar-refractivity contribution in [2.45, 2.75) is 25.8 Å². The van der Waals surface area contributed by atoms with Crippen LogP contribution in [0.25, 0.3) is 5.69 Å². The minimum absolute atomic E-state index is 0.0402. The molecular formula is C15H19N5O. The van der Waals surface area contributed by atoms with Crippen molar-refractivity contribution in [1.82, 2.24) is 20.3 Å². The summed E-state index contributed by atoms with van der Waals surface area (Å²) >= 11 is 0. The first kappa shape index (κ1) is 13.8. The summed E-state index contributed by atoms with van der Waals surface area (Å²) in [5.74, 6) is 0.345. The number of nitrogens with two attached hydrogens (primary N) is 1. The van der Waals surface area contributed by atoms with Crippen LogP contribution < -0.4 is 11.1 Å². The van der Waals surface area contributed by atoms with E-state index in [1.807, 2.05) is 37.3 Å². The lowest BCUT2D eigenvalue weighted by atomic mass is 10.2. The fourth-order valence-electron chi connectivity index (χ4n) is 2.34. The van der Waals surface area contributed by atoms with Gasteiger partial charge in [0.2, 0.25) is 0 Å². The molecule has 0 aliphatic heterocycles. The van der Waals surface area contributed by atoms with Crippen molar-refractivity contribution in [3.05, 3.63) is 41.7 Å². The van der Waals surface area contributed by atoms with Crippen LogP contribution in [0.2, 0.25) is 0 Å². The number of para-hydroxylation sites is 1. The summed E-state index contributed by atoms with van der Waals surface area (Å²) < 4.78 is 1.66. The number of aromatic nitrogens is 3. The zero-order chi connectivity index (χ0) is 14.8. The molecule has 0 radical (unpaired) electrons. The van der Waals surface area contributed by atoms with Gasteiger partial charge in [-0.15, -0.1) is 5.10 Å². The second-order valence-corrected chi connectivity index (χ2v) is 5.48. The quantitative estimate of drug-likeness (QED) is 0.859. The SMILES string of the molecule is Cc1c(C(=O)NCC(N)C2CC2)nnn1-c1ccccc1. The van der Waals surface area contributed by atoms with Gasteiger partial charge in [0.25, 0.3) is 5.91 Å². The molecule has 0 spiro atoms. The number of nitrogens with one attached hydrogen (secondary N) is 1. The van der Waals surface area contributed by atoms with Crippen LogP contribution in [0.3, 0.4) is 0 Å². The summed E-state index contributed by atoms with van der Waals surface area (Å²) in [6, 6.07) is 9.66. The van der Waals surface area contributed by atoms with E-state index in [-0.39, 0.29) is 11.9 Å². The molecule has 0 saturated heterocycles. The summed E-state index contributed by atoms with van der Waals surface area (Å²) in [5, 5.41) is 10.9. The maximum atomic E-state index is 12.2. The van der Waals surface area contributed by atoms with E-state index in [9.17, 15) is 4.79 Å². The number of amides is 1. The van der Waals surface area contributed by atoms with Crippen molar-refractivity contribution >= 4 is 5.91 Å². The van der Waals surface area contributed by atoms with Gasteiger partial charge in [-0.2, -0.15) is 0 Å². The molecule has 110 valence electrons. The molecule has 1 fully saturated rings. The van der Waals surface area contributed by atoms with E-state index in [0.717, 1.165) is 11.4 Å². The van der Waals surface area contributed by atoms with Gasteiger partial charge in [0.15, 0.2) is 5.69 Å². The fourth-order valence-corrected chi connectivity index (χ4v) is 2.34. The topological polar surface area (TPSA) is 85.8 Å². The van der Waals surface area contributed by atoms with Crippen LogP contribution in [0.5, 0.6) is 0 Å². The molecule has 1 aliphatic carbocycles. The van der Waals surface area contributed by atoms with E-state index in [4.69, 9.17) is 5.73 Å². The first-order valence-electron chi connectivity index (χ1n) is 7.18. The number of nitrogens with zero attached hydrogens (tertiary/aromatic N) is 3. The van der Waals surface area contributed by atoms with Gasteiger partial charge in [0.1, 0.15) is 0 Å². The highest BCUT2D eigenvalue weighted by Gasteiger charge is 2.29. The molecule has 3 rings (SSSR count). The molecule has 1 saturated carbocycles. The fraction of sp³-hybridized carbons (Fsp3) is 0.400. The molecule has 1 amide bonds. The van der Waals surface area contributed by atoms with Crippen LogP contribution in [0, 0.1) is 12.8 Å². The Hall–Kier alpha value is -2.21. The maximum absolute atomic E-state index is 12.2. The monoisotopic (exact) mass is 285 g/mol. The molecule has 1 unspecified atom stereocenters. The van der Waals surface area contributed by atoms with Gasteiger partial charge in [-0.05, 0) is 37.8 Å². The molecule has 1 heterocycles. The Morgan fingerprint density at radius 2 is 2.14 bits per heavy atom. The van der Waals surface area contributed by atoms with Gasteiger partial charge in [0.05, 0.1) is 11.4 Å². The van der Waals surface area contributed by atoms with Gasteiger partial charge in [-0.25, -0.2) is 4.68 Å². The molecule has 1 aromatic carbocycles. The minimum atomic E-state index is -0.217. The molecule has 6 nitrogen and oxygen atoms in total. The molecule has 1 aromatic heterocycles. The van der Waals surface area contributed by atoms with Crippen molar-refractivity contribution < 1.29 is 4.79 Å². The zero-order valence-corrected chi connectivity index (χ0v) is 12.0. The second-order valence-electron chi connectivity index (χ2n) is 5.48. The van der Waals surface area contributed by atoms with Crippen molar-refractivity contribution in [2.24, 2.45) is 11.7 Å². The Morgan fingerprint density at radius 3 is 2.81 bits per heavy atom. The van der Waals surface area contributed by atoms with E-state index in [1.165, 1.54) is 12.8 Å². The molecule has 3 N–H and O–H groups in total.